The summed E-state index contributed by atoms with van der Waals surface area (Å²) in [6.07, 6.45) is 1.54. The molecule has 4 atom stereocenters. The van der Waals surface area contributed by atoms with Crippen molar-refractivity contribution in [1.29, 1.82) is 0 Å². The summed E-state index contributed by atoms with van der Waals surface area (Å²) in [5, 5.41) is 8.93. The third-order valence-electron chi connectivity index (χ3n) is 10.0. The molecule has 3 aromatic carbocycles. The van der Waals surface area contributed by atoms with Gasteiger partial charge in [-0.2, -0.15) is 0 Å². The van der Waals surface area contributed by atoms with Crippen LogP contribution in [-0.4, -0.2) is 65.8 Å². The number of hydrogen-bond donors (Lipinski definition) is 3. The van der Waals surface area contributed by atoms with Crippen molar-refractivity contribution in [2.75, 3.05) is 13.2 Å². The number of alkyl carbamates (subject to hydrolysis) is 2. The van der Waals surface area contributed by atoms with Crippen LogP contribution >= 0.6 is 0 Å². The standard InChI is InChI=1S/C41H50N4O6/c1-40(2,3)35(44-39(49)51-41(4,5)6)37(47)45-23-26(22-34(45)36(46)43-33-21-13-15-25-14-7-8-16-27(25)33)42-38(48)50-24-32-30-19-11-9-17-28(30)29-18-10-12-20-31(29)32/h7-12,14,16-20,26,32-35H,13,15,21-24H2,1-6H3,(H,42,48)(H,43,46)(H,44,49)/t26-,33+,34-,35?/m0/s1. The molecule has 51 heavy (non-hydrogen) atoms. The Balaban J connectivity index is 1.19. The second-order valence-electron chi connectivity index (χ2n) is 16.0. The van der Waals surface area contributed by atoms with E-state index in [0.717, 1.165) is 47.1 Å². The molecule has 0 bridgehead atoms. The summed E-state index contributed by atoms with van der Waals surface area (Å²) in [5.74, 6) is -0.825. The molecule has 1 fully saturated rings. The summed E-state index contributed by atoms with van der Waals surface area (Å²) in [6.45, 7) is 11.0. The monoisotopic (exact) mass is 694 g/mol. The van der Waals surface area contributed by atoms with E-state index in [1.165, 1.54) is 10.5 Å². The Bertz CT molecular complexity index is 1750. The number of ether oxygens (including phenoxy) is 2. The summed E-state index contributed by atoms with van der Waals surface area (Å²) in [6, 6.07) is 21.8. The Hall–Kier alpha value is -4.86. The smallest absolute Gasteiger partial charge is 0.408 e. The average molecular weight is 695 g/mol. The maximum atomic E-state index is 14.4. The number of carbonyl (C=O) groups excluding carboxylic acids is 4. The van der Waals surface area contributed by atoms with E-state index in [1.807, 2.05) is 63.2 Å². The Morgan fingerprint density at radius 2 is 1.41 bits per heavy atom. The first-order chi connectivity index (χ1) is 24.2. The third-order valence-corrected chi connectivity index (χ3v) is 10.0. The van der Waals surface area contributed by atoms with Crippen molar-refractivity contribution < 1.29 is 28.7 Å². The molecule has 0 aromatic heterocycles. The van der Waals surface area contributed by atoms with Gasteiger partial charge in [0, 0.05) is 12.5 Å². The number of amides is 4. The van der Waals surface area contributed by atoms with Gasteiger partial charge in [-0.25, -0.2) is 9.59 Å². The minimum atomic E-state index is -0.994. The summed E-state index contributed by atoms with van der Waals surface area (Å²) < 4.78 is 11.3. The van der Waals surface area contributed by atoms with Crippen molar-refractivity contribution in [1.82, 2.24) is 20.9 Å². The van der Waals surface area contributed by atoms with Gasteiger partial charge >= 0.3 is 12.2 Å². The Morgan fingerprint density at radius 3 is 2.04 bits per heavy atom. The van der Waals surface area contributed by atoms with Gasteiger partial charge in [-0.3, -0.25) is 9.59 Å². The highest BCUT2D eigenvalue weighted by molar-refractivity contribution is 5.93. The normalized spacial score (nSPS) is 20.4. The zero-order chi connectivity index (χ0) is 36.5. The topological polar surface area (TPSA) is 126 Å². The lowest BCUT2D eigenvalue weighted by Gasteiger charge is -2.36. The molecule has 4 amide bonds. The molecule has 1 saturated heterocycles. The molecule has 1 heterocycles. The highest BCUT2D eigenvalue weighted by Gasteiger charge is 2.46. The minimum Gasteiger partial charge on any atom is -0.449 e. The van der Waals surface area contributed by atoms with Crippen LogP contribution in [0.2, 0.25) is 0 Å². The predicted molar refractivity (Wildman–Crippen MR) is 195 cm³/mol. The molecule has 270 valence electrons. The number of aryl methyl sites for hydroxylation is 1. The number of nitrogens with one attached hydrogen (secondary N) is 3. The predicted octanol–water partition coefficient (Wildman–Crippen LogP) is 6.63. The maximum absolute atomic E-state index is 14.4. The van der Waals surface area contributed by atoms with Crippen LogP contribution in [0.1, 0.15) is 95.0 Å². The first kappa shape index (κ1) is 35.9. The minimum absolute atomic E-state index is 0.0744. The van der Waals surface area contributed by atoms with Crippen molar-refractivity contribution in [2.24, 2.45) is 5.41 Å². The number of carbonyl (C=O) groups is 4. The van der Waals surface area contributed by atoms with E-state index in [9.17, 15) is 19.2 Å². The van der Waals surface area contributed by atoms with E-state index in [-0.39, 0.29) is 37.4 Å². The number of fused-ring (bicyclic) bond motifs is 4. The molecule has 0 spiro atoms. The van der Waals surface area contributed by atoms with Crippen LogP contribution in [0.3, 0.4) is 0 Å². The molecule has 6 rings (SSSR count). The molecule has 1 unspecified atom stereocenters. The second-order valence-corrected chi connectivity index (χ2v) is 16.0. The first-order valence-electron chi connectivity index (χ1n) is 18.0. The lowest BCUT2D eigenvalue weighted by Crippen LogP contribution is -2.58. The van der Waals surface area contributed by atoms with E-state index in [2.05, 4.69) is 46.3 Å². The average Bonchev–Trinajstić information content (AvgIpc) is 3.64. The zero-order valence-corrected chi connectivity index (χ0v) is 30.5. The van der Waals surface area contributed by atoms with Gasteiger partial charge in [0.2, 0.25) is 11.8 Å². The fourth-order valence-corrected chi connectivity index (χ4v) is 7.65. The highest BCUT2D eigenvalue weighted by Crippen LogP contribution is 2.44. The van der Waals surface area contributed by atoms with Crippen LogP contribution < -0.4 is 16.0 Å². The quantitative estimate of drug-likeness (QED) is 0.255. The van der Waals surface area contributed by atoms with Gasteiger partial charge in [0.15, 0.2) is 0 Å². The number of nitrogens with zero attached hydrogens (tertiary/aromatic N) is 1. The van der Waals surface area contributed by atoms with Gasteiger partial charge in [0.25, 0.3) is 0 Å². The Labute approximate surface area is 300 Å². The molecule has 0 radical (unpaired) electrons. The van der Waals surface area contributed by atoms with Crippen molar-refractivity contribution in [3.8, 4) is 11.1 Å². The van der Waals surface area contributed by atoms with Crippen LogP contribution in [0.25, 0.3) is 11.1 Å². The van der Waals surface area contributed by atoms with Gasteiger partial charge in [-0.1, -0.05) is 93.6 Å². The fraction of sp³-hybridized carbons (Fsp3) is 0.463. The fourth-order valence-electron chi connectivity index (χ4n) is 7.65. The van der Waals surface area contributed by atoms with Crippen LogP contribution in [0.5, 0.6) is 0 Å². The van der Waals surface area contributed by atoms with Gasteiger partial charge < -0.3 is 30.3 Å². The van der Waals surface area contributed by atoms with Crippen LogP contribution in [0, 0.1) is 5.41 Å². The molecule has 0 saturated carbocycles. The Kier molecular flexibility index (Phi) is 10.2. The molecule has 3 aromatic rings. The van der Waals surface area contributed by atoms with E-state index < -0.39 is 47.2 Å². The summed E-state index contributed by atoms with van der Waals surface area (Å²) >= 11 is 0. The van der Waals surface area contributed by atoms with Gasteiger partial charge in [-0.05, 0) is 85.3 Å². The molecular weight excluding hydrogens is 644 g/mol. The molecule has 10 heteroatoms. The molecule has 3 N–H and O–H groups in total. The molecule has 10 nitrogen and oxygen atoms in total. The molecule has 2 aliphatic carbocycles. The molecule has 3 aliphatic rings. The van der Waals surface area contributed by atoms with Crippen molar-refractivity contribution in [2.45, 2.75) is 103 Å². The Morgan fingerprint density at radius 1 is 0.804 bits per heavy atom. The van der Waals surface area contributed by atoms with Gasteiger partial charge in [0.1, 0.15) is 24.3 Å². The van der Waals surface area contributed by atoms with E-state index in [1.54, 1.807) is 20.8 Å². The van der Waals surface area contributed by atoms with E-state index in [4.69, 9.17) is 9.47 Å². The van der Waals surface area contributed by atoms with Crippen molar-refractivity contribution in [3.63, 3.8) is 0 Å². The molecular formula is C41H50N4O6. The summed E-state index contributed by atoms with van der Waals surface area (Å²) in [7, 11) is 0. The SMILES string of the molecule is CC(C)(C)OC(=O)NC(C(=O)N1C[C@@H](NC(=O)OCC2c3ccccc3-c3ccccc32)C[C@H]1C(=O)N[C@@H]1CCCc2ccccc21)C(C)(C)C. The number of rotatable bonds is 7. The van der Waals surface area contributed by atoms with Gasteiger partial charge in [-0.15, -0.1) is 0 Å². The summed E-state index contributed by atoms with van der Waals surface area (Å²) in [4.78, 5) is 56.3. The van der Waals surface area contributed by atoms with Crippen LogP contribution in [-0.2, 0) is 25.5 Å². The lowest BCUT2D eigenvalue weighted by molar-refractivity contribution is -0.142. The largest absolute Gasteiger partial charge is 0.449 e. The summed E-state index contributed by atoms with van der Waals surface area (Å²) in [5.41, 5.74) is 5.30. The van der Waals surface area contributed by atoms with Crippen LogP contribution in [0.15, 0.2) is 72.8 Å². The van der Waals surface area contributed by atoms with E-state index >= 15 is 0 Å². The van der Waals surface area contributed by atoms with E-state index in [0.29, 0.717) is 0 Å². The van der Waals surface area contributed by atoms with Gasteiger partial charge in [0.05, 0.1) is 12.1 Å². The highest BCUT2D eigenvalue weighted by atomic mass is 16.6. The van der Waals surface area contributed by atoms with Crippen LogP contribution in [0.4, 0.5) is 9.59 Å². The first-order valence-corrected chi connectivity index (χ1v) is 18.0. The third kappa shape index (κ3) is 8.05. The number of benzene rings is 3. The molecule has 1 aliphatic heterocycles. The number of likely N-dealkylation sites (tertiary alicyclic amines) is 1. The van der Waals surface area contributed by atoms with Crippen molar-refractivity contribution >= 4 is 24.0 Å². The second kappa shape index (κ2) is 14.4. The zero-order valence-electron chi connectivity index (χ0n) is 30.5. The maximum Gasteiger partial charge on any atom is 0.408 e. The lowest BCUT2D eigenvalue weighted by atomic mass is 9.85. The van der Waals surface area contributed by atoms with Crippen molar-refractivity contribution in [3.05, 3.63) is 95.1 Å². The number of hydrogen-bond acceptors (Lipinski definition) is 6.